The number of imidazole rings is 1. The van der Waals surface area contributed by atoms with Crippen LogP contribution in [0.15, 0.2) is 24.8 Å². The molecule has 2 N–H and O–H groups in total. The number of aliphatic hydroxyl groups excluding tert-OH is 1. The van der Waals surface area contributed by atoms with Crippen molar-refractivity contribution in [1.82, 2.24) is 19.7 Å². The van der Waals surface area contributed by atoms with Gasteiger partial charge in [0.15, 0.2) is 5.65 Å². The predicted octanol–water partition coefficient (Wildman–Crippen LogP) is 0.590. The van der Waals surface area contributed by atoms with Gasteiger partial charge in [-0.2, -0.15) is 0 Å². The Morgan fingerprint density at radius 1 is 1.50 bits per heavy atom. The van der Waals surface area contributed by atoms with Crippen LogP contribution in [0.25, 0.3) is 5.65 Å². The number of fused-ring (bicyclic) bond motifs is 1. The normalized spacial score (nSPS) is 13.1. The van der Waals surface area contributed by atoms with Gasteiger partial charge in [-0.15, -0.1) is 0 Å². The Morgan fingerprint density at radius 3 is 3.19 bits per heavy atom. The molecule has 2 heterocycles. The van der Waals surface area contributed by atoms with E-state index in [1.54, 1.807) is 12.4 Å². The number of aliphatic hydroxyl groups is 1. The minimum absolute atomic E-state index is 0.214. The van der Waals surface area contributed by atoms with E-state index in [1.807, 2.05) is 16.8 Å². The molecular formula is C11H16N4O. The molecule has 2 aromatic heterocycles. The second kappa shape index (κ2) is 5.05. The summed E-state index contributed by atoms with van der Waals surface area (Å²) in [5.41, 5.74) is 1.95. The van der Waals surface area contributed by atoms with Crippen molar-refractivity contribution < 1.29 is 5.11 Å². The summed E-state index contributed by atoms with van der Waals surface area (Å²) in [6, 6.07) is 0.303. The number of rotatable bonds is 5. The Labute approximate surface area is 94.2 Å². The van der Waals surface area contributed by atoms with E-state index in [0.29, 0.717) is 6.04 Å². The van der Waals surface area contributed by atoms with Crippen molar-refractivity contribution in [1.29, 1.82) is 0 Å². The van der Waals surface area contributed by atoms with Crippen LogP contribution in [-0.2, 0) is 6.54 Å². The van der Waals surface area contributed by atoms with E-state index in [4.69, 9.17) is 5.11 Å². The average molecular weight is 220 g/mol. The third-order valence-electron chi connectivity index (χ3n) is 2.59. The molecule has 0 unspecified atom stereocenters. The van der Waals surface area contributed by atoms with Crippen LogP contribution >= 0.6 is 0 Å². The summed E-state index contributed by atoms with van der Waals surface area (Å²) in [5, 5.41) is 12.1. The van der Waals surface area contributed by atoms with Gasteiger partial charge < -0.3 is 10.4 Å². The lowest BCUT2D eigenvalue weighted by Gasteiger charge is -2.11. The van der Waals surface area contributed by atoms with Crippen molar-refractivity contribution in [2.24, 2.45) is 0 Å². The van der Waals surface area contributed by atoms with Gasteiger partial charge in [0.2, 0.25) is 0 Å². The van der Waals surface area contributed by atoms with Crippen molar-refractivity contribution in [3.05, 3.63) is 30.5 Å². The van der Waals surface area contributed by atoms with Crippen LogP contribution in [0.1, 0.15) is 19.0 Å². The van der Waals surface area contributed by atoms with E-state index in [2.05, 4.69) is 22.2 Å². The average Bonchev–Trinajstić information content (AvgIpc) is 2.70. The third-order valence-corrected chi connectivity index (χ3v) is 2.59. The number of nitrogens with one attached hydrogen (secondary N) is 1. The van der Waals surface area contributed by atoms with Crippen LogP contribution in [0, 0.1) is 0 Å². The second-order valence-electron chi connectivity index (χ2n) is 3.85. The zero-order valence-corrected chi connectivity index (χ0v) is 9.30. The molecule has 5 nitrogen and oxygen atoms in total. The van der Waals surface area contributed by atoms with Crippen LogP contribution in [0.2, 0.25) is 0 Å². The van der Waals surface area contributed by atoms with Crippen molar-refractivity contribution in [2.45, 2.75) is 25.9 Å². The molecule has 0 saturated carbocycles. The van der Waals surface area contributed by atoms with E-state index >= 15 is 0 Å². The zero-order valence-electron chi connectivity index (χ0n) is 9.30. The number of hydrogen-bond donors (Lipinski definition) is 2. The highest BCUT2D eigenvalue weighted by Crippen LogP contribution is 2.04. The topological polar surface area (TPSA) is 62.5 Å². The Bertz CT molecular complexity index is 454. The van der Waals surface area contributed by atoms with E-state index in [1.165, 1.54) is 0 Å². The zero-order chi connectivity index (χ0) is 11.4. The first kappa shape index (κ1) is 11.0. The highest BCUT2D eigenvalue weighted by atomic mass is 16.3. The maximum atomic E-state index is 8.80. The lowest BCUT2D eigenvalue weighted by atomic mass is 10.2. The Kier molecular flexibility index (Phi) is 3.48. The molecular weight excluding hydrogens is 204 g/mol. The van der Waals surface area contributed by atoms with Crippen LogP contribution < -0.4 is 5.32 Å². The van der Waals surface area contributed by atoms with Crippen molar-refractivity contribution in [3.63, 3.8) is 0 Å². The molecule has 0 aromatic carbocycles. The van der Waals surface area contributed by atoms with Gasteiger partial charge in [0, 0.05) is 31.6 Å². The molecule has 0 aliphatic carbocycles. The monoisotopic (exact) mass is 220 g/mol. The summed E-state index contributed by atoms with van der Waals surface area (Å²) >= 11 is 0. The van der Waals surface area contributed by atoms with Gasteiger partial charge in [-0.05, 0) is 13.3 Å². The molecule has 0 fully saturated rings. The Morgan fingerprint density at radius 2 is 2.38 bits per heavy atom. The summed E-state index contributed by atoms with van der Waals surface area (Å²) < 4.78 is 2.01. The highest BCUT2D eigenvalue weighted by molar-refractivity contribution is 5.36. The predicted molar refractivity (Wildman–Crippen MR) is 61.0 cm³/mol. The molecule has 0 bridgehead atoms. The van der Waals surface area contributed by atoms with Gasteiger partial charge in [-0.3, -0.25) is 9.38 Å². The van der Waals surface area contributed by atoms with Gasteiger partial charge >= 0.3 is 0 Å². The fourth-order valence-corrected chi connectivity index (χ4v) is 1.60. The molecule has 86 valence electrons. The van der Waals surface area contributed by atoms with Crippen LogP contribution in [0.4, 0.5) is 0 Å². The first-order valence-electron chi connectivity index (χ1n) is 5.41. The quantitative estimate of drug-likeness (QED) is 0.774. The smallest absolute Gasteiger partial charge is 0.155 e. The largest absolute Gasteiger partial charge is 0.396 e. The van der Waals surface area contributed by atoms with Gasteiger partial charge in [-0.1, -0.05) is 0 Å². The van der Waals surface area contributed by atoms with Crippen LogP contribution in [0.3, 0.4) is 0 Å². The molecule has 0 amide bonds. The summed E-state index contributed by atoms with van der Waals surface area (Å²) in [7, 11) is 0. The number of hydrogen-bond acceptors (Lipinski definition) is 4. The fourth-order valence-electron chi connectivity index (χ4n) is 1.60. The lowest BCUT2D eigenvalue weighted by molar-refractivity contribution is 0.268. The van der Waals surface area contributed by atoms with Crippen LogP contribution in [-0.4, -0.2) is 32.1 Å². The second-order valence-corrected chi connectivity index (χ2v) is 3.85. The van der Waals surface area contributed by atoms with Crippen molar-refractivity contribution in [2.75, 3.05) is 6.61 Å². The minimum atomic E-state index is 0.214. The first-order valence-corrected chi connectivity index (χ1v) is 5.41. The Hall–Kier alpha value is -1.46. The SMILES string of the molecule is C[C@H](CCO)NCc1cnc2cnccn12. The first-order chi connectivity index (χ1) is 7.81. The fraction of sp³-hybridized carbons (Fsp3) is 0.455. The van der Waals surface area contributed by atoms with Crippen LogP contribution in [0.5, 0.6) is 0 Å². The maximum absolute atomic E-state index is 8.80. The van der Waals surface area contributed by atoms with Gasteiger partial charge in [0.25, 0.3) is 0 Å². The van der Waals surface area contributed by atoms with Gasteiger partial charge in [0.05, 0.1) is 18.1 Å². The summed E-state index contributed by atoms with van der Waals surface area (Å²) in [6.45, 7) is 3.01. The third kappa shape index (κ3) is 2.37. The molecule has 0 radical (unpaired) electrons. The maximum Gasteiger partial charge on any atom is 0.155 e. The van der Waals surface area contributed by atoms with Gasteiger partial charge in [-0.25, -0.2) is 4.98 Å². The van der Waals surface area contributed by atoms with Gasteiger partial charge in [0.1, 0.15) is 0 Å². The summed E-state index contributed by atoms with van der Waals surface area (Å²) in [4.78, 5) is 8.27. The molecule has 0 aliphatic heterocycles. The number of nitrogens with zero attached hydrogens (tertiary/aromatic N) is 3. The minimum Gasteiger partial charge on any atom is -0.396 e. The summed E-state index contributed by atoms with van der Waals surface area (Å²) in [5.74, 6) is 0. The van der Waals surface area contributed by atoms with E-state index in [0.717, 1.165) is 24.3 Å². The van der Waals surface area contributed by atoms with E-state index in [-0.39, 0.29) is 6.61 Å². The molecule has 0 spiro atoms. The lowest BCUT2D eigenvalue weighted by Crippen LogP contribution is -2.26. The Balaban J connectivity index is 2.04. The standard InChI is InChI=1S/C11H16N4O/c1-9(2-5-16)13-6-10-7-14-11-8-12-3-4-15(10)11/h3-4,7-9,13,16H,2,5-6H2,1H3/t9-/m1/s1. The van der Waals surface area contributed by atoms with Crippen molar-refractivity contribution >= 4 is 5.65 Å². The number of aromatic nitrogens is 3. The van der Waals surface area contributed by atoms with E-state index in [9.17, 15) is 0 Å². The summed E-state index contributed by atoms with van der Waals surface area (Å²) in [6.07, 6.45) is 7.99. The molecule has 2 aromatic rings. The molecule has 1 atom stereocenters. The highest BCUT2D eigenvalue weighted by Gasteiger charge is 2.04. The van der Waals surface area contributed by atoms with E-state index < -0.39 is 0 Å². The molecule has 0 saturated heterocycles. The molecule has 16 heavy (non-hydrogen) atoms. The van der Waals surface area contributed by atoms with Crippen molar-refractivity contribution in [3.8, 4) is 0 Å². The molecule has 0 aliphatic rings. The molecule has 5 heteroatoms. The molecule has 2 rings (SSSR count).